The van der Waals surface area contributed by atoms with E-state index in [9.17, 15) is 10.1 Å². The number of hydrogen-bond acceptors (Lipinski definition) is 7. The Bertz CT molecular complexity index is 1310. The second-order valence-electron chi connectivity index (χ2n) is 7.40. The van der Waals surface area contributed by atoms with Crippen LogP contribution in [0.2, 0.25) is 10.0 Å². The fourth-order valence-corrected chi connectivity index (χ4v) is 3.86. The zero-order valence-corrected chi connectivity index (χ0v) is 18.5. The molecule has 3 heterocycles. The first-order chi connectivity index (χ1) is 15.3. The van der Waals surface area contributed by atoms with Crippen LogP contribution in [0.1, 0.15) is 12.6 Å². The summed E-state index contributed by atoms with van der Waals surface area (Å²) in [6, 6.07) is 10.1. The van der Waals surface area contributed by atoms with E-state index in [0.29, 0.717) is 40.3 Å². The molecule has 0 amide bonds. The standard InChI is InChI=1S/C21H19Cl2N7O2/c1-12(8-14-3-5-18(30(31)32)20(24)27-14)11-26-21-28-17(10-19-25-6-7-29(19)21)15-4-2-13(22)9-16(15)23/h2-7,9-10,12H,8,11H2,1H3,(H2,24,27)(H,26,28). The Kier molecular flexibility index (Phi) is 6.11. The molecule has 1 atom stereocenters. The molecule has 0 fully saturated rings. The van der Waals surface area contributed by atoms with Crippen LogP contribution in [0.5, 0.6) is 0 Å². The number of rotatable bonds is 7. The van der Waals surface area contributed by atoms with Crippen LogP contribution in [0.15, 0.2) is 48.8 Å². The minimum Gasteiger partial charge on any atom is -0.378 e. The molecule has 0 aliphatic heterocycles. The lowest BCUT2D eigenvalue weighted by molar-refractivity contribution is -0.384. The molecule has 3 N–H and O–H groups in total. The van der Waals surface area contributed by atoms with E-state index in [1.165, 1.54) is 6.07 Å². The number of nitrogens with two attached hydrogens (primary N) is 1. The van der Waals surface area contributed by atoms with Crippen molar-refractivity contribution in [2.45, 2.75) is 13.3 Å². The van der Waals surface area contributed by atoms with Crippen LogP contribution >= 0.6 is 23.2 Å². The summed E-state index contributed by atoms with van der Waals surface area (Å²) in [5.74, 6) is 0.678. The van der Waals surface area contributed by atoms with Gasteiger partial charge in [0, 0.05) is 47.4 Å². The molecule has 11 heteroatoms. The molecule has 4 rings (SSSR count). The summed E-state index contributed by atoms with van der Waals surface area (Å²) in [4.78, 5) is 23.6. The molecule has 164 valence electrons. The zero-order chi connectivity index (χ0) is 22.8. The van der Waals surface area contributed by atoms with Crippen LogP contribution in [0.4, 0.5) is 17.5 Å². The highest BCUT2D eigenvalue weighted by Crippen LogP contribution is 2.30. The van der Waals surface area contributed by atoms with Gasteiger partial charge in [0.05, 0.1) is 15.6 Å². The first-order valence-electron chi connectivity index (χ1n) is 9.75. The molecule has 0 aliphatic carbocycles. The Labute approximate surface area is 193 Å². The number of pyridine rings is 1. The van der Waals surface area contributed by atoms with Crippen molar-refractivity contribution in [2.24, 2.45) is 5.92 Å². The maximum atomic E-state index is 10.9. The van der Waals surface area contributed by atoms with Gasteiger partial charge in [0.15, 0.2) is 0 Å². The smallest absolute Gasteiger partial charge is 0.311 e. The monoisotopic (exact) mass is 471 g/mol. The van der Waals surface area contributed by atoms with Crippen molar-refractivity contribution in [3.8, 4) is 11.3 Å². The van der Waals surface area contributed by atoms with Gasteiger partial charge in [-0.2, -0.15) is 0 Å². The van der Waals surface area contributed by atoms with Crippen LogP contribution in [-0.2, 0) is 6.42 Å². The van der Waals surface area contributed by atoms with Gasteiger partial charge < -0.3 is 11.1 Å². The average Bonchev–Trinajstić information content (AvgIpc) is 3.20. The summed E-state index contributed by atoms with van der Waals surface area (Å²) in [6.45, 7) is 2.62. The van der Waals surface area contributed by atoms with Crippen molar-refractivity contribution in [2.75, 3.05) is 17.6 Å². The number of benzene rings is 1. The third kappa shape index (κ3) is 4.58. The number of halogens is 2. The number of aromatic nitrogens is 4. The fraction of sp³-hybridized carbons (Fsp3) is 0.190. The van der Waals surface area contributed by atoms with Gasteiger partial charge in [-0.25, -0.2) is 15.0 Å². The topological polar surface area (TPSA) is 124 Å². The molecule has 32 heavy (non-hydrogen) atoms. The number of nitrogen functional groups attached to an aromatic ring is 1. The highest BCUT2D eigenvalue weighted by Gasteiger charge is 2.15. The van der Waals surface area contributed by atoms with Gasteiger partial charge in [0.2, 0.25) is 11.8 Å². The lowest BCUT2D eigenvalue weighted by Gasteiger charge is -2.15. The highest BCUT2D eigenvalue weighted by molar-refractivity contribution is 6.36. The van der Waals surface area contributed by atoms with E-state index >= 15 is 0 Å². The van der Waals surface area contributed by atoms with Gasteiger partial charge in [-0.15, -0.1) is 0 Å². The Morgan fingerprint density at radius 3 is 2.75 bits per heavy atom. The van der Waals surface area contributed by atoms with Gasteiger partial charge in [0.1, 0.15) is 5.65 Å². The number of anilines is 2. The second-order valence-corrected chi connectivity index (χ2v) is 8.24. The molecule has 4 aromatic rings. The minimum atomic E-state index is -0.543. The first kappa shape index (κ1) is 21.8. The van der Waals surface area contributed by atoms with Crippen LogP contribution in [0.3, 0.4) is 0 Å². The third-order valence-electron chi connectivity index (χ3n) is 4.92. The van der Waals surface area contributed by atoms with Crippen LogP contribution in [-0.4, -0.2) is 30.8 Å². The Morgan fingerprint density at radius 1 is 1.22 bits per heavy atom. The molecular weight excluding hydrogens is 453 g/mol. The Balaban J connectivity index is 1.53. The SMILES string of the molecule is CC(CNc1nc(-c2ccc(Cl)cc2Cl)cc2nccn12)Cc1ccc([N+](=O)[O-])c(N)n1. The predicted octanol–water partition coefficient (Wildman–Crippen LogP) is 4.88. The number of nitrogens with one attached hydrogen (secondary N) is 1. The molecule has 0 spiro atoms. The summed E-state index contributed by atoms with van der Waals surface area (Å²) < 4.78 is 1.85. The lowest BCUT2D eigenvalue weighted by Crippen LogP contribution is -2.17. The van der Waals surface area contributed by atoms with Crippen molar-refractivity contribution in [1.29, 1.82) is 0 Å². The quantitative estimate of drug-likeness (QED) is 0.290. The number of imidazole rings is 1. The summed E-state index contributed by atoms with van der Waals surface area (Å²) in [5.41, 5.74) is 8.34. The van der Waals surface area contributed by atoms with Crippen molar-refractivity contribution < 1.29 is 4.92 Å². The van der Waals surface area contributed by atoms with Gasteiger partial charge in [-0.05, 0) is 36.6 Å². The average molecular weight is 472 g/mol. The van der Waals surface area contributed by atoms with Gasteiger partial charge in [0.25, 0.3) is 0 Å². The molecule has 0 bridgehead atoms. The van der Waals surface area contributed by atoms with Crippen molar-refractivity contribution in [3.63, 3.8) is 0 Å². The molecule has 3 aromatic heterocycles. The number of nitro groups is 1. The van der Waals surface area contributed by atoms with E-state index in [1.807, 2.05) is 29.7 Å². The van der Waals surface area contributed by atoms with Crippen LogP contribution in [0, 0.1) is 16.0 Å². The van der Waals surface area contributed by atoms with E-state index in [-0.39, 0.29) is 17.4 Å². The maximum Gasteiger partial charge on any atom is 0.311 e. The summed E-state index contributed by atoms with van der Waals surface area (Å²) >= 11 is 12.4. The van der Waals surface area contributed by atoms with Gasteiger partial charge in [-0.1, -0.05) is 30.1 Å². The maximum absolute atomic E-state index is 10.9. The summed E-state index contributed by atoms with van der Waals surface area (Å²) in [5, 5.41) is 15.3. The number of hydrogen-bond donors (Lipinski definition) is 2. The predicted molar refractivity (Wildman–Crippen MR) is 125 cm³/mol. The van der Waals surface area contributed by atoms with Crippen LogP contribution in [0.25, 0.3) is 16.9 Å². The Hall–Kier alpha value is -3.43. The number of nitrogens with zero attached hydrogens (tertiary/aromatic N) is 5. The van der Waals surface area contributed by atoms with Crippen LogP contribution < -0.4 is 11.1 Å². The molecule has 0 saturated carbocycles. The minimum absolute atomic E-state index is 0.0815. The van der Waals surface area contributed by atoms with E-state index < -0.39 is 4.92 Å². The van der Waals surface area contributed by atoms with Gasteiger partial charge in [-0.3, -0.25) is 14.5 Å². The largest absolute Gasteiger partial charge is 0.378 e. The zero-order valence-electron chi connectivity index (χ0n) is 17.0. The lowest BCUT2D eigenvalue weighted by atomic mass is 10.1. The summed E-state index contributed by atoms with van der Waals surface area (Å²) in [6.07, 6.45) is 4.11. The van der Waals surface area contributed by atoms with Gasteiger partial charge >= 0.3 is 5.69 Å². The van der Waals surface area contributed by atoms with E-state index in [0.717, 1.165) is 11.2 Å². The van der Waals surface area contributed by atoms with E-state index in [2.05, 4.69) is 15.3 Å². The van der Waals surface area contributed by atoms with E-state index in [1.54, 1.807) is 24.4 Å². The second kappa shape index (κ2) is 8.97. The first-order valence-corrected chi connectivity index (χ1v) is 10.5. The Morgan fingerprint density at radius 2 is 2.03 bits per heavy atom. The van der Waals surface area contributed by atoms with E-state index in [4.69, 9.17) is 33.9 Å². The molecule has 0 aliphatic rings. The van der Waals surface area contributed by atoms with Crippen molar-refractivity contribution in [1.82, 2.24) is 19.4 Å². The molecule has 0 saturated heterocycles. The molecular formula is C21H19Cl2N7O2. The molecule has 0 radical (unpaired) electrons. The number of fused-ring (bicyclic) bond motifs is 1. The van der Waals surface area contributed by atoms with Crippen molar-refractivity contribution in [3.05, 3.63) is 74.6 Å². The van der Waals surface area contributed by atoms with Crippen molar-refractivity contribution >= 4 is 46.3 Å². The molecule has 9 nitrogen and oxygen atoms in total. The fourth-order valence-electron chi connectivity index (χ4n) is 3.36. The highest BCUT2D eigenvalue weighted by atomic mass is 35.5. The molecule has 1 aromatic carbocycles. The molecule has 1 unspecified atom stereocenters. The third-order valence-corrected chi connectivity index (χ3v) is 5.47. The normalized spacial score (nSPS) is 12.1. The summed E-state index contributed by atoms with van der Waals surface area (Å²) in [7, 11) is 0.